The predicted octanol–water partition coefficient (Wildman–Crippen LogP) is 5.57. The molecule has 0 unspecified atom stereocenters. The highest BCUT2D eigenvalue weighted by atomic mass is 35.5. The van der Waals surface area contributed by atoms with Crippen LogP contribution in [0.5, 0.6) is 11.8 Å². The summed E-state index contributed by atoms with van der Waals surface area (Å²) in [4.78, 5) is 21.5. The maximum atomic E-state index is 17.0. The zero-order chi connectivity index (χ0) is 33.9. The molecule has 2 fully saturated rings. The van der Waals surface area contributed by atoms with Gasteiger partial charge in [0.05, 0.1) is 53.0 Å². The number of halogens is 5. The Balaban J connectivity index is 1.42. The quantitative estimate of drug-likeness (QED) is 0.246. The van der Waals surface area contributed by atoms with Crippen molar-refractivity contribution in [3.8, 4) is 23.0 Å². The largest absolute Gasteiger partial charge is 0.489 e. The van der Waals surface area contributed by atoms with Gasteiger partial charge in [-0.1, -0.05) is 17.7 Å². The molecule has 3 atom stereocenters. The highest BCUT2D eigenvalue weighted by Gasteiger charge is 2.41. The molecule has 0 bridgehead atoms. The summed E-state index contributed by atoms with van der Waals surface area (Å²) in [6, 6.07) is 4.38. The summed E-state index contributed by atoms with van der Waals surface area (Å²) in [6.45, 7) is 5.58. The lowest BCUT2D eigenvalue weighted by atomic mass is 9.98. The molecule has 4 N–H and O–H groups in total. The van der Waals surface area contributed by atoms with Crippen molar-refractivity contribution in [1.29, 1.82) is 0 Å². The molecule has 0 saturated carbocycles. The summed E-state index contributed by atoms with van der Waals surface area (Å²) in [5, 5.41) is -0.343. The highest BCUT2D eigenvalue weighted by Crippen LogP contribution is 2.51. The summed E-state index contributed by atoms with van der Waals surface area (Å²) in [7, 11) is 0. The lowest BCUT2D eigenvalue weighted by Gasteiger charge is -2.33. The van der Waals surface area contributed by atoms with Crippen molar-refractivity contribution in [2.24, 2.45) is 0 Å². The number of aryl methyl sites for hydroxylation is 1. The van der Waals surface area contributed by atoms with Gasteiger partial charge in [0.15, 0.2) is 11.6 Å². The minimum absolute atomic E-state index is 0.0208. The van der Waals surface area contributed by atoms with Gasteiger partial charge in [-0.3, -0.25) is 4.90 Å². The second kappa shape index (κ2) is 12.3. The summed E-state index contributed by atoms with van der Waals surface area (Å²) in [5.74, 6) is -0.962. The van der Waals surface area contributed by atoms with E-state index in [4.69, 9.17) is 42.3 Å². The average Bonchev–Trinajstić information content (AvgIpc) is 3.35. The molecule has 0 radical (unpaired) electrons. The van der Waals surface area contributed by atoms with Crippen LogP contribution in [0.15, 0.2) is 24.4 Å². The maximum Gasteiger partial charge on any atom is 0.418 e. The third-order valence-electron chi connectivity index (χ3n) is 9.32. The third-order valence-corrected chi connectivity index (χ3v) is 9.68. The fourth-order valence-electron chi connectivity index (χ4n) is 7.07. The van der Waals surface area contributed by atoms with Crippen molar-refractivity contribution < 1.29 is 31.8 Å². The lowest BCUT2D eigenvalue weighted by Crippen LogP contribution is -2.46. The molecule has 48 heavy (non-hydrogen) atoms. The summed E-state index contributed by atoms with van der Waals surface area (Å²) < 4.78 is 78.1. The van der Waals surface area contributed by atoms with Gasteiger partial charge in [-0.15, -0.1) is 0 Å². The van der Waals surface area contributed by atoms with Gasteiger partial charge in [0.25, 0.3) is 0 Å². The van der Waals surface area contributed by atoms with E-state index in [1.54, 1.807) is 12.3 Å². The lowest BCUT2D eigenvalue weighted by molar-refractivity contribution is -0.137. The highest BCUT2D eigenvalue weighted by molar-refractivity contribution is 6.36. The van der Waals surface area contributed by atoms with E-state index in [1.165, 1.54) is 6.92 Å². The van der Waals surface area contributed by atoms with Crippen molar-refractivity contribution in [1.82, 2.24) is 24.8 Å². The maximum absolute atomic E-state index is 17.0. The number of anilines is 3. The van der Waals surface area contributed by atoms with Gasteiger partial charge in [-0.2, -0.15) is 23.1 Å². The van der Waals surface area contributed by atoms with Crippen LogP contribution in [0.2, 0.25) is 5.02 Å². The van der Waals surface area contributed by atoms with E-state index in [0.717, 1.165) is 25.5 Å². The minimum Gasteiger partial charge on any atom is -0.489 e. The summed E-state index contributed by atoms with van der Waals surface area (Å²) >= 11 is 6.79. The Morgan fingerprint density at radius 1 is 1.15 bits per heavy atom. The smallest absolute Gasteiger partial charge is 0.418 e. The molecule has 3 aliphatic heterocycles. The normalized spacial score (nSPS) is 20.4. The molecule has 3 aromatic heterocycles. The van der Waals surface area contributed by atoms with Gasteiger partial charge in [0.1, 0.15) is 36.2 Å². The zero-order valence-corrected chi connectivity index (χ0v) is 26.9. The van der Waals surface area contributed by atoms with Gasteiger partial charge >= 0.3 is 12.2 Å². The van der Waals surface area contributed by atoms with E-state index in [-0.39, 0.29) is 71.7 Å². The van der Waals surface area contributed by atoms with Crippen LogP contribution in [0.1, 0.15) is 42.5 Å². The average molecular weight is 689 g/mol. The van der Waals surface area contributed by atoms with E-state index in [9.17, 15) is 13.2 Å². The van der Waals surface area contributed by atoms with Crippen LogP contribution in [0.25, 0.3) is 22.2 Å². The Morgan fingerprint density at radius 3 is 2.73 bits per heavy atom. The van der Waals surface area contributed by atoms with E-state index in [2.05, 4.69) is 19.9 Å². The SMILES string of the molecule is Cc1cc(N)nc(-c2c(Cl)c3c4c(nc(OC[C@@H]5CC[C@H]6COCCN65)nc4c2F)N([C@H](C)c2cccnc2N)CCO3)c1C(F)(F)F. The number of nitrogens with two attached hydrogens (primary N) is 2. The molecular formula is C32H33ClF4N8O3. The molecule has 3 aliphatic rings. The van der Waals surface area contributed by atoms with Crippen molar-refractivity contribution in [2.45, 2.75) is 51.0 Å². The molecule has 7 rings (SSSR count). The first-order valence-corrected chi connectivity index (χ1v) is 15.9. The standard InChI is InChI=1S/C32H33ClF4N8O3/c1-15-12-20(38)41-26(23(15)32(35,36)37)21-24(33)28-22-27(25(21)34)42-31(48-14-18-6-5-17-13-46-10-8-45(17)18)43-30(22)44(9-11-47-28)16(2)19-4-3-7-40-29(19)39/h3-4,7,12,16-18H,5-6,8-11,13-14H2,1-2H3,(H2,38,41)(H2,39,40)/t16-,17+,18+/m1/s1. The van der Waals surface area contributed by atoms with Gasteiger partial charge in [0.2, 0.25) is 0 Å². The van der Waals surface area contributed by atoms with Crippen LogP contribution < -0.4 is 25.8 Å². The molecule has 2 saturated heterocycles. The molecule has 6 heterocycles. The van der Waals surface area contributed by atoms with Gasteiger partial charge in [0, 0.05) is 30.4 Å². The summed E-state index contributed by atoms with van der Waals surface area (Å²) in [6.07, 6.45) is -1.52. The number of ether oxygens (including phenoxy) is 3. The van der Waals surface area contributed by atoms with Crippen LogP contribution in [0.3, 0.4) is 0 Å². The number of nitrogen functional groups attached to an aromatic ring is 2. The summed E-state index contributed by atoms with van der Waals surface area (Å²) in [5.41, 5.74) is 9.64. The van der Waals surface area contributed by atoms with Gasteiger partial charge in [-0.05, 0) is 44.4 Å². The number of pyridine rings is 2. The number of alkyl halides is 3. The van der Waals surface area contributed by atoms with Crippen LogP contribution in [0, 0.1) is 12.7 Å². The van der Waals surface area contributed by atoms with Crippen LogP contribution in [0.4, 0.5) is 35.0 Å². The monoisotopic (exact) mass is 688 g/mol. The van der Waals surface area contributed by atoms with Crippen LogP contribution in [-0.4, -0.2) is 76.4 Å². The van der Waals surface area contributed by atoms with E-state index >= 15 is 4.39 Å². The number of hydrogen-bond donors (Lipinski definition) is 2. The number of fused-ring (bicyclic) bond motifs is 1. The van der Waals surface area contributed by atoms with Crippen molar-refractivity contribution in [2.75, 3.05) is 55.9 Å². The van der Waals surface area contributed by atoms with E-state index < -0.39 is 39.9 Å². The first-order valence-electron chi connectivity index (χ1n) is 15.6. The minimum atomic E-state index is -4.90. The van der Waals surface area contributed by atoms with Gasteiger partial charge in [-0.25, -0.2) is 14.4 Å². The second-order valence-corrected chi connectivity index (χ2v) is 12.6. The molecule has 0 amide bonds. The molecular weight excluding hydrogens is 656 g/mol. The first-order chi connectivity index (χ1) is 22.9. The molecule has 0 aliphatic carbocycles. The third kappa shape index (κ3) is 5.56. The van der Waals surface area contributed by atoms with E-state index in [0.29, 0.717) is 24.6 Å². The molecule has 1 aromatic carbocycles. The Morgan fingerprint density at radius 2 is 1.96 bits per heavy atom. The molecule has 0 spiro atoms. The number of morpholine rings is 1. The van der Waals surface area contributed by atoms with Gasteiger partial charge < -0.3 is 30.6 Å². The van der Waals surface area contributed by atoms with E-state index in [1.807, 2.05) is 17.9 Å². The topological polar surface area (TPSA) is 138 Å². The molecule has 11 nitrogen and oxygen atoms in total. The molecule has 4 aromatic rings. The van der Waals surface area contributed by atoms with Crippen LogP contribution >= 0.6 is 11.6 Å². The number of rotatable bonds is 6. The Hall–Kier alpha value is -4.21. The number of nitrogens with zero attached hydrogens (tertiary/aromatic N) is 6. The van der Waals surface area contributed by atoms with Crippen LogP contribution in [-0.2, 0) is 10.9 Å². The second-order valence-electron chi connectivity index (χ2n) is 12.2. The Bertz CT molecular complexity index is 1900. The van der Waals surface area contributed by atoms with Crippen molar-refractivity contribution in [3.63, 3.8) is 0 Å². The fourth-order valence-corrected chi connectivity index (χ4v) is 7.39. The number of benzene rings is 1. The molecule has 16 heteroatoms. The predicted molar refractivity (Wildman–Crippen MR) is 172 cm³/mol. The Kier molecular flexibility index (Phi) is 8.32. The number of hydrogen-bond acceptors (Lipinski definition) is 11. The molecule has 254 valence electrons. The van der Waals surface area contributed by atoms with Crippen molar-refractivity contribution in [3.05, 3.63) is 51.9 Å². The van der Waals surface area contributed by atoms with Crippen molar-refractivity contribution >= 4 is 40.0 Å². The first kappa shape index (κ1) is 32.3. The Labute approximate surface area is 278 Å². The number of aromatic nitrogens is 4. The fraction of sp³-hybridized carbons (Fsp3) is 0.438. The zero-order valence-electron chi connectivity index (χ0n) is 26.2.